The van der Waals surface area contributed by atoms with Crippen molar-refractivity contribution in [3.05, 3.63) is 58.6 Å². The van der Waals surface area contributed by atoms with Gasteiger partial charge in [-0.05, 0) is 51.1 Å². The second kappa shape index (κ2) is 8.55. The molecule has 1 amide bonds. The molecule has 0 radical (unpaired) electrons. The third kappa shape index (κ3) is 5.07. The summed E-state index contributed by atoms with van der Waals surface area (Å²) >= 11 is 13.7. The van der Waals surface area contributed by atoms with Crippen LogP contribution < -0.4 is 5.32 Å². The fourth-order valence-electron chi connectivity index (χ4n) is 2.60. The number of rotatable bonds is 5. The Morgan fingerprint density at radius 1 is 1.11 bits per heavy atom. The van der Waals surface area contributed by atoms with E-state index in [4.69, 9.17) is 23.2 Å². The van der Waals surface area contributed by atoms with Gasteiger partial charge in [0.25, 0.3) is 0 Å². The van der Waals surface area contributed by atoms with Gasteiger partial charge in [-0.3, -0.25) is 9.36 Å². The third-order valence-electron chi connectivity index (χ3n) is 3.67. The predicted octanol–water partition coefficient (Wildman–Crippen LogP) is 5.25. The van der Waals surface area contributed by atoms with E-state index in [1.54, 1.807) is 12.1 Å². The van der Waals surface area contributed by atoms with Crippen LogP contribution in [-0.4, -0.2) is 32.0 Å². The lowest BCUT2D eigenvalue weighted by Crippen LogP contribution is -2.41. The molecular weight excluding hydrogens is 415 g/mol. The monoisotopic (exact) mass is 434 g/mol. The first-order valence-corrected chi connectivity index (χ1v) is 10.4. The summed E-state index contributed by atoms with van der Waals surface area (Å²) in [5.41, 5.74) is 1.31. The number of halogens is 2. The molecule has 3 aromatic rings. The van der Waals surface area contributed by atoms with Crippen LogP contribution in [0.3, 0.4) is 0 Å². The quantitative estimate of drug-likeness (QED) is 0.557. The van der Waals surface area contributed by atoms with Crippen molar-refractivity contribution in [3.8, 4) is 17.1 Å². The number of nitrogens with zero attached hydrogens (tertiary/aromatic N) is 3. The standard InChI is InChI=1S/C20H20Cl2N4OS/c1-20(2,3)23-17(27)12-28-19-25-24-18(15-10-9-13(21)11-16(15)22)26(19)14-7-5-4-6-8-14/h4-11H,12H2,1-3H3,(H,23,27). The molecule has 0 aliphatic heterocycles. The number of thioether (sulfide) groups is 1. The summed E-state index contributed by atoms with van der Waals surface area (Å²) < 4.78 is 1.89. The Labute approximate surface area is 178 Å². The van der Waals surface area contributed by atoms with Crippen molar-refractivity contribution in [1.29, 1.82) is 0 Å². The second-order valence-electron chi connectivity index (χ2n) is 7.19. The lowest BCUT2D eigenvalue weighted by molar-refractivity contribution is -0.119. The molecule has 3 rings (SSSR count). The average molecular weight is 435 g/mol. The highest BCUT2D eigenvalue weighted by Gasteiger charge is 2.20. The van der Waals surface area contributed by atoms with Crippen molar-refractivity contribution in [2.75, 3.05) is 5.75 Å². The molecule has 1 aromatic heterocycles. The smallest absolute Gasteiger partial charge is 0.230 e. The maximum absolute atomic E-state index is 12.2. The van der Waals surface area contributed by atoms with Crippen LogP contribution in [0, 0.1) is 0 Å². The summed E-state index contributed by atoms with van der Waals surface area (Å²) in [6.45, 7) is 5.84. The van der Waals surface area contributed by atoms with E-state index >= 15 is 0 Å². The van der Waals surface area contributed by atoms with E-state index in [9.17, 15) is 4.79 Å². The molecule has 0 aliphatic rings. The number of carbonyl (C=O) groups is 1. The summed E-state index contributed by atoms with van der Waals surface area (Å²) in [5, 5.41) is 13.2. The number of aromatic nitrogens is 3. The zero-order valence-electron chi connectivity index (χ0n) is 15.7. The number of para-hydroxylation sites is 1. The second-order valence-corrected chi connectivity index (χ2v) is 8.97. The van der Waals surface area contributed by atoms with Gasteiger partial charge in [-0.25, -0.2) is 0 Å². The highest BCUT2D eigenvalue weighted by molar-refractivity contribution is 7.99. The molecule has 0 bridgehead atoms. The number of nitrogens with one attached hydrogen (secondary N) is 1. The molecule has 0 fully saturated rings. The van der Waals surface area contributed by atoms with Gasteiger partial charge in [-0.1, -0.05) is 53.2 Å². The fourth-order valence-corrected chi connectivity index (χ4v) is 3.85. The molecule has 1 heterocycles. The lowest BCUT2D eigenvalue weighted by Gasteiger charge is -2.20. The Morgan fingerprint density at radius 3 is 2.46 bits per heavy atom. The average Bonchev–Trinajstić information content (AvgIpc) is 3.03. The van der Waals surface area contributed by atoms with Gasteiger partial charge in [0.05, 0.1) is 10.8 Å². The van der Waals surface area contributed by atoms with Crippen LogP contribution in [0.25, 0.3) is 17.1 Å². The van der Waals surface area contributed by atoms with Crippen LogP contribution in [0.4, 0.5) is 0 Å². The molecule has 0 saturated heterocycles. The first kappa shape index (κ1) is 20.7. The number of hydrogen-bond acceptors (Lipinski definition) is 4. The van der Waals surface area contributed by atoms with Crippen molar-refractivity contribution in [2.24, 2.45) is 0 Å². The lowest BCUT2D eigenvalue weighted by atomic mass is 10.1. The molecule has 1 N–H and O–H groups in total. The maximum Gasteiger partial charge on any atom is 0.230 e. The van der Waals surface area contributed by atoms with Crippen LogP contribution >= 0.6 is 35.0 Å². The minimum atomic E-state index is -0.285. The summed E-state index contributed by atoms with van der Waals surface area (Å²) in [5.74, 6) is 0.758. The van der Waals surface area contributed by atoms with Gasteiger partial charge in [0, 0.05) is 21.8 Å². The zero-order valence-corrected chi connectivity index (χ0v) is 18.1. The number of carbonyl (C=O) groups excluding carboxylic acids is 1. The van der Waals surface area contributed by atoms with Crippen LogP contribution in [-0.2, 0) is 4.79 Å². The summed E-state index contributed by atoms with van der Waals surface area (Å²) in [4.78, 5) is 12.2. The normalized spacial score (nSPS) is 11.5. The van der Waals surface area contributed by atoms with Crippen molar-refractivity contribution in [2.45, 2.75) is 31.5 Å². The van der Waals surface area contributed by atoms with Gasteiger partial charge in [0.15, 0.2) is 11.0 Å². The molecule has 2 aromatic carbocycles. The Morgan fingerprint density at radius 2 is 1.82 bits per heavy atom. The number of amides is 1. The Hall–Kier alpha value is -2.02. The molecule has 146 valence electrons. The Bertz CT molecular complexity index is 984. The van der Waals surface area contributed by atoms with Gasteiger partial charge in [0.1, 0.15) is 0 Å². The molecule has 0 atom stereocenters. The van der Waals surface area contributed by atoms with E-state index in [2.05, 4.69) is 15.5 Å². The minimum absolute atomic E-state index is 0.0637. The fraction of sp³-hybridized carbons (Fsp3) is 0.250. The van der Waals surface area contributed by atoms with Gasteiger partial charge in [-0.15, -0.1) is 10.2 Å². The van der Waals surface area contributed by atoms with Crippen molar-refractivity contribution in [3.63, 3.8) is 0 Å². The Balaban J connectivity index is 1.97. The molecule has 0 unspecified atom stereocenters. The molecule has 5 nitrogen and oxygen atoms in total. The van der Waals surface area contributed by atoms with Gasteiger partial charge >= 0.3 is 0 Å². The third-order valence-corrected chi connectivity index (χ3v) is 5.14. The number of hydrogen-bond donors (Lipinski definition) is 1. The summed E-state index contributed by atoms with van der Waals surface area (Å²) in [6, 6.07) is 15.0. The molecule has 8 heteroatoms. The maximum atomic E-state index is 12.2. The predicted molar refractivity (Wildman–Crippen MR) is 115 cm³/mol. The number of benzene rings is 2. The van der Waals surface area contributed by atoms with Crippen molar-refractivity contribution in [1.82, 2.24) is 20.1 Å². The summed E-state index contributed by atoms with van der Waals surface area (Å²) in [7, 11) is 0. The van der Waals surface area contributed by atoms with Gasteiger partial charge in [0.2, 0.25) is 5.91 Å². The largest absolute Gasteiger partial charge is 0.351 e. The Kier molecular flexibility index (Phi) is 6.33. The highest BCUT2D eigenvalue weighted by Crippen LogP contribution is 2.33. The molecular formula is C20H20Cl2N4OS. The first-order valence-electron chi connectivity index (χ1n) is 8.65. The van der Waals surface area contributed by atoms with E-state index < -0.39 is 0 Å². The first-order chi connectivity index (χ1) is 13.2. The highest BCUT2D eigenvalue weighted by atomic mass is 35.5. The van der Waals surface area contributed by atoms with E-state index in [1.807, 2.05) is 61.7 Å². The molecule has 0 spiro atoms. The topological polar surface area (TPSA) is 59.8 Å². The van der Waals surface area contributed by atoms with Crippen molar-refractivity contribution >= 4 is 40.9 Å². The molecule has 0 aliphatic carbocycles. The van der Waals surface area contributed by atoms with Gasteiger partial charge in [-0.2, -0.15) is 0 Å². The van der Waals surface area contributed by atoms with E-state index in [1.165, 1.54) is 11.8 Å². The minimum Gasteiger partial charge on any atom is -0.351 e. The van der Waals surface area contributed by atoms with Crippen LogP contribution in [0.2, 0.25) is 10.0 Å². The van der Waals surface area contributed by atoms with E-state index in [0.29, 0.717) is 26.6 Å². The van der Waals surface area contributed by atoms with Gasteiger partial charge < -0.3 is 5.32 Å². The van der Waals surface area contributed by atoms with Crippen LogP contribution in [0.1, 0.15) is 20.8 Å². The zero-order chi connectivity index (χ0) is 20.3. The van der Waals surface area contributed by atoms with E-state index in [-0.39, 0.29) is 17.2 Å². The molecule has 0 saturated carbocycles. The SMILES string of the molecule is CC(C)(C)NC(=O)CSc1nnc(-c2ccc(Cl)cc2Cl)n1-c1ccccc1. The molecule has 28 heavy (non-hydrogen) atoms. The van der Waals surface area contributed by atoms with Crippen LogP contribution in [0.15, 0.2) is 53.7 Å². The van der Waals surface area contributed by atoms with Crippen LogP contribution in [0.5, 0.6) is 0 Å². The van der Waals surface area contributed by atoms with Crippen molar-refractivity contribution < 1.29 is 4.79 Å². The van der Waals surface area contributed by atoms with E-state index in [0.717, 1.165) is 5.69 Å². The summed E-state index contributed by atoms with van der Waals surface area (Å²) in [6.07, 6.45) is 0.